The van der Waals surface area contributed by atoms with Gasteiger partial charge in [-0.15, -0.1) is 0 Å². The summed E-state index contributed by atoms with van der Waals surface area (Å²) in [5.74, 6) is 4.71. The molecule has 2 N–H and O–H groups in total. The molecule has 0 fully saturated rings. The summed E-state index contributed by atoms with van der Waals surface area (Å²) in [7, 11) is 0. The molecule has 0 aromatic carbocycles. The molecular formula is C16H24N4O. The van der Waals surface area contributed by atoms with Crippen molar-refractivity contribution in [2.75, 3.05) is 17.2 Å². The van der Waals surface area contributed by atoms with E-state index in [1.165, 1.54) is 0 Å². The molecule has 2 aromatic rings. The molecule has 0 aliphatic carbocycles. The zero-order chi connectivity index (χ0) is 15.4. The second-order valence-corrected chi connectivity index (χ2v) is 5.45. The molecule has 0 spiro atoms. The van der Waals surface area contributed by atoms with Gasteiger partial charge >= 0.3 is 0 Å². The summed E-state index contributed by atoms with van der Waals surface area (Å²) >= 11 is 0. The largest absolute Gasteiger partial charge is 0.465 e. The van der Waals surface area contributed by atoms with Crippen LogP contribution < -0.4 is 10.6 Å². The van der Waals surface area contributed by atoms with Crippen LogP contribution in [0.3, 0.4) is 0 Å². The smallest absolute Gasteiger partial charge is 0.135 e. The van der Waals surface area contributed by atoms with Gasteiger partial charge in [0.25, 0.3) is 0 Å². The van der Waals surface area contributed by atoms with E-state index in [2.05, 4.69) is 41.4 Å². The molecule has 2 heterocycles. The lowest BCUT2D eigenvalue weighted by Gasteiger charge is -2.15. The zero-order valence-electron chi connectivity index (χ0n) is 13.4. The Kier molecular flexibility index (Phi) is 4.83. The van der Waals surface area contributed by atoms with E-state index in [1.807, 2.05) is 26.0 Å². The van der Waals surface area contributed by atoms with Crippen LogP contribution in [0.15, 0.2) is 16.5 Å². The van der Waals surface area contributed by atoms with Gasteiger partial charge in [-0.3, -0.25) is 0 Å². The molecule has 0 saturated heterocycles. The number of rotatable bonds is 6. The molecule has 5 nitrogen and oxygen atoms in total. The van der Waals surface area contributed by atoms with Gasteiger partial charge in [-0.2, -0.15) is 0 Å². The number of hydrogen-bond donors (Lipinski definition) is 2. The molecule has 0 aliphatic heterocycles. The fourth-order valence-electron chi connectivity index (χ4n) is 2.05. The first-order valence-electron chi connectivity index (χ1n) is 7.42. The van der Waals surface area contributed by atoms with Crippen LogP contribution in [-0.4, -0.2) is 16.5 Å². The van der Waals surface area contributed by atoms with Crippen LogP contribution in [0.2, 0.25) is 0 Å². The molecule has 0 saturated carbocycles. The summed E-state index contributed by atoms with van der Waals surface area (Å²) < 4.78 is 5.58. The Hall–Kier alpha value is -2.04. The Balaban J connectivity index is 2.23. The third-order valence-electron chi connectivity index (χ3n) is 3.25. The van der Waals surface area contributed by atoms with Crippen LogP contribution in [0, 0.1) is 13.8 Å². The Labute approximate surface area is 126 Å². The van der Waals surface area contributed by atoms with Crippen molar-refractivity contribution < 1.29 is 4.42 Å². The van der Waals surface area contributed by atoms with Gasteiger partial charge in [-0.25, -0.2) is 9.97 Å². The Morgan fingerprint density at radius 2 is 1.76 bits per heavy atom. The second-order valence-electron chi connectivity index (χ2n) is 5.45. The van der Waals surface area contributed by atoms with Crippen LogP contribution in [0.4, 0.5) is 11.6 Å². The maximum absolute atomic E-state index is 5.58. The maximum atomic E-state index is 5.58. The molecule has 0 unspecified atom stereocenters. The van der Waals surface area contributed by atoms with Crippen molar-refractivity contribution in [2.24, 2.45) is 0 Å². The van der Waals surface area contributed by atoms with Crippen molar-refractivity contribution in [3.05, 3.63) is 35.0 Å². The van der Waals surface area contributed by atoms with Crippen molar-refractivity contribution in [2.45, 2.75) is 47.1 Å². The first kappa shape index (κ1) is 15.4. The van der Waals surface area contributed by atoms with Crippen LogP contribution in [0.25, 0.3) is 0 Å². The van der Waals surface area contributed by atoms with E-state index in [4.69, 9.17) is 4.42 Å². The van der Waals surface area contributed by atoms with Gasteiger partial charge in [0.15, 0.2) is 0 Å². The Morgan fingerprint density at radius 3 is 2.29 bits per heavy atom. The lowest BCUT2D eigenvalue weighted by Crippen LogP contribution is -2.11. The summed E-state index contributed by atoms with van der Waals surface area (Å²) in [5.41, 5.74) is 1.03. The van der Waals surface area contributed by atoms with Gasteiger partial charge in [0, 0.05) is 18.0 Å². The third kappa shape index (κ3) is 3.74. The summed E-state index contributed by atoms with van der Waals surface area (Å²) in [6, 6.07) is 3.95. The summed E-state index contributed by atoms with van der Waals surface area (Å²) in [6.07, 6.45) is 0. The molecule has 2 aromatic heterocycles. The zero-order valence-corrected chi connectivity index (χ0v) is 13.4. The molecule has 21 heavy (non-hydrogen) atoms. The van der Waals surface area contributed by atoms with Gasteiger partial charge < -0.3 is 15.1 Å². The molecule has 114 valence electrons. The van der Waals surface area contributed by atoms with Crippen LogP contribution >= 0.6 is 0 Å². The molecule has 5 heteroatoms. The van der Waals surface area contributed by atoms with Gasteiger partial charge in [0.05, 0.1) is 6.54 Å². The average Bonchev–Trinajstić information content (AvgIpc) is 2.85. The van der Waals surface area contributed by atoms with E-state index in [-0.39, 0.29) is 5.92 Å². The topological polar surface area (TPSA) is 63.0 Å². The van der Waals surface area contributed by atoms with Gasteiger partial charge in [-0.1, -0.05) is 13.8 Å². The predicted molar refractivity (Wildman–Crippen MR) is 85.8 cm³/mol. The molecule has 0 aliphatic rings. The first-order valence-corrected chi connectivity index (χ1v) is 7.42. The van der Waals surface area contributed by atoms with E-state index in [9.17, 15) is 0 Å². The number of nitrogens with one attached hydrogen (secondary N) is 2. The van der Waals surface area contributed by atoms with E-state index < -0.39 is 0 Å². The van der Waals surface area contributed by atoms with E-state index >= 15 is 0 Å². The average molecular weight is 288 g/mol. The molecule has 0 radical (unpaired) electrons. The molecule has 0 atom stereocenters. The highest BCUT2D eigenvalue weighted by atomic mass is 16.3. The first-order chi connectivity index (χ1) is 10.0. The molecule has 0 amide bonds. The normalized spacial score (nSPS) is 11.0. The van der Waals surface area contributed by atoms with Crippen molar-refractivity contribution in [3.8, 4) is 0 Å². The number of nitrogens with zero attached hydrogens (tertiary/aromatic N) is 2. The second kappa shape index (κ2) is 6.61. The number of aromatic nitrogens is 2. The lowest BCUT2D eigenvalue weighted by molar-refractivity contribution is 0.490. The summed E-state index contributed by atoms with van der Waals surface area (Å²) in [5, 5.41) is 6.65. The summed E-state index contributed by atoms with van der Waals surface area (Å²) in [6.45, 7) is 11.7. The van der Waals surface area contributed by atoms with E-state index in [0.29, 0.717) is 6.54 Å². The van der Waals surface area contributed by atoms with E-state index in [0.717, 1.165) is 41.1 Å². The number of hydrogen-bond acceptors (Lipinski definition) is 5. The van der Waals surface area contributed by atoms with Crippen molar-refractivity contribution in [1.82, 2.24) is 9.97 Å². The predicted octanol–water partition coefficient (Wildman–Crippen LogP) is 3.85. The molecule has 0 bridgehead atoms. The Morgan fingerprint density at radius 1 is 1.10 bits per heavy atom. The fraction of sp³-hybridized carbons (Fsp3) is 0.500. The van der Waals surface area contributed by atoms with Crippen molar-refractivity contribution >= 4 is 11.6 Å². The summed E-state index contributed by atoms with van der Waals surface area (Å²) in [4.78, 5) is 9.23. The molecular weight excluding hydrogens is 264 g/mol. The third-order valence-corrected chi connectivity index (χ3v) is 3.25. The number of anilines is 2. The van der Waals surface area contributed by atoms with E-state index in [1.54, 1.807) is 0 Å². The Bertz CT molecular complexity index is 604. The van der Waals surface area contributed by atoms with Gasteiger partial charge in [-0.05, 0) is 32.9 Å². The minimum Gasteiger partial charge on any atom is -0.465 e. The van der Waals surface area contributed by atoms with Gasteiger partial charge in [0.2, 0.25) is 0 Å². The fourth-order valence-corrected chi connectivity index (χ4v) is 2.05. The van der Waals surface area contributed by atoms with Gasteiger partial charge in [0.1, 0.15) is 29.0 Å². The van der Waals surface area contributed by atoms with Crippen molar-refractivity contribution in [1.29, 1.82) is 0 Å². The highest BCUT2D eigenvalue weighted by Gasteiger charge is 2.13. The van der Waals surface area contributed by atoms with Crippen LogP contribution in [0.5, 0.6) is 0 Å². The highest BCUT2D eigenvalue weighted by Crippen LogP contribution is 2.23. The van der Waals surface area contributed by atoms with Crippen LogP contribution in [-0.2, 0) is 6.54 Å². The highest BCUT2D eigenvalue weighted by molar-refractivity contribution is 5.57. The lowest BCUT2D eigenvalue weighted by atomic mass is 10.2. The number of furan rings is 1. The monoisotopic (exact) mass is 288 g/mol. The maximum Gasteiger partial charge on any atom is 0.135 e. The SMILES string of the molecule is CCNc1nc(C(C)C)nc(NCc2ccc(C)o2)c1C. The minimum absolute atomic E-state index is 0.286. The van der Waals surface area contributed by atoms with Crippen LogP contribution in [0.1, 0.15) is 49.6 Å². The van der Waals surface area contributed by atoms with Crippen molar-refractivity contribution in [3.63, 3.8) is 0 Å². The quantitative estimate of drug-likeness (QED) is 0.845. The standard InChI is InChI=1S/C16H24N4O/c1-6-17-15-12(5)16(20-14(19-15)10(2)3)18-9-13-8-7-11(4)21-13/h7-8,10H,6,9H2,1-5H3,(H2,17,18,19,20). The number of aryl methyl sites for hydroxylation is 1. The minimum atomic E-state index is 0.286. The molecule has 2 rings (SSSR count).